The minimum Gasteiger partial charge on any atom is -0.489 e. The van der Waals surface area contributed by atoms with Gasteiger partial charge in [-0.05, 0) is 49.6 Å². The lowest BCUT2D eigenvalue weighted by Crippen LogP contribution is -2.26. The molecule has 1 saturated carbocycles. The first kappa shape index (κ1) is 22.9. The van der Waals surface area contributed by atoms with E-state index in [0.29, 0.717) is 24.0 Å². The van der Waals surface area contributed by atoms with Gasteiger partial charge in [-0.2, -0.15) is 0 Å². The van der Waals surface area contributed by atoms with Gasteiger partial charge in [0.15, 0.2) is 0 Å². The molecule has 2 aromatic heterocycles. The highest BCUT2D eigenvalue weighted by molar-refractivity contribution is 5.94. The number of carbonyl (C=O) groups excluding carboxylic acids is 1. The molecule has 1 aliphatic carbocycles. The Labute approximate surface area is 204 Å². The normalized spacial score (nSPS) is 14.5. The first-order valence-electron chi connectivity index (χ1n) is 11.8. The molecule has 0 spiro atoms. The highest BCUT2D eigenvalue weighted by Gasteiger charge is 2.27. The van der Waals surface area contributed by atoms with Crippen LogP contribution in [0.1, 0.15) is 43.5 Å². The van der Waals surface area contributed by atoms with E-state index in [1.54, 1.807) is 13.1 Å². The lowest BCUT2D eigenvalue weighted by Gasteiger charge is -2.23. The molecule has 1 amide bonds. The molecule has 8 nitrogen and oxygen atoms in total. The maximum atomic E-state index is 12.1. The molecule has 1 unspecified atom stereocenters. The van der Waals surface area contributed by atoms with Crippen LogP contribution < -0.4 is 15.8 Å². The van der Waals surface area contributed by atoms with Crippen LogP contribution in [0.2, 0.25) is 0 Å². The van der Waals surface area contributed by atoms with Crippen molar-refractivity contribution in [1.29, 1.82) is 0 Å². The number of nitrogen functional groups attached to an aromatic ring is 1. The monoisotopic (exact) mass is 471 g/mol. The van der Waals surface area contributed by atoms with Crippen molar-refractivity contribution in [3.63, 3.8) is 0 Å². The first-order valence-corrected chi connectivity index (χ1v) is 11.8. The van der Waals surface area contributed by atoms with Crippen LogP contribution in [0.5, 0.6) is 5.75 Å². The zero-order chi connectivity index (χ0) is 24.4. The van der Waals surface area contributed by atoms with Gasteiger partial charge in [0.25, 0.3) is 5.91 Å². The zero-order valence-electron chi connectivity index (χ0n) is 19.9. The number of ether oxygens (including phenoxy) is 2. The summed E-state index contributed by atoms with van der Waals surface area (Å²) in [5.41, 5.74) is 10.5. The summed E-state index contributed by atoms with van der Waals surface area (Å²) in [6.07, 6.45) is 6.67. The van der Waals surface area contributed by atoms with Crippen LogP contribution in [0.3, 0.4) is 0 Å². The van der Waals surface area contributed by atoms with E-state index in [1.807, 2.05) is 54.7 Å². The summed E-state index contributed by atoms with van der Waals surface area (Å²) in [5.74, 6) is 2.49. The predicted octanol–water partition coefficient (Wildman–Crippen LogP) is 4.80. The van der Waals surface area contributed by atoms with Crippen molar-refractivity contribution in [2.45, 2.75) is 44.8 Å². The number of carbonyl (C=O) groups is 1. The predicted molar refractivity (Wildman–Crippen MR) is 135 cm³/mol. The molecule has 2 aromatic carbocycles. The Hall–Kier alpha value is -3.91. The fraction of sp³-hybridized carbons (Fsp3) is 0.296. The van der Waals surface area contributed by atoms with Crippen LogP contribution in [0.15, 0.2) is 60.9 Å². The molecule has 180 valence electrons. The topological polar surface area (TPSA) is 104 Å². The molecule has 1 aliphatic rings. The molecule has 3 N–H and O–H groups in total. The van der Waals surface area contributed by atoms with Gasteiger partial charge in [0, 0.05) is 36.7 Å². The number of hydrogen-bond acceptors (Lipinski definition) is 6. The summed E-state index contributed by atoms with van der Waals surface area (Å²) < 4.78 is 13.2. The van der Waals surface area contributed by atoms with E-state index in [4.69, 9.17) is 20.2 Å². The van der Waals surface area contributed by atoms with E-state index in [2.05, 4.69) is 14.7 Å². The second kappa shape index (κ2) is 9.76. The number of methoxy groups -OCH3 is 1. The highest BCUT2D eigenvalue weighted by Crippen LogP contribution is 2.39. The number of aromatic nitrogens is 3. The third-order valence-electron chi connectivity index (χ3n) is 6.51. The average molecular weight is 472 g/mol. The lowest BCUT2D eigenvalue weighted by atomic mass is 9.85. The third kappa shape index (κ3) is 4.70. The summed E-state index contributed by atoms with van der Waals surface area (Å²) in [4.78, 5) is 21.4. The van der Waals surface area contributed by atoms with Gasteiger partial charge in [-0.25, -0.2) is 9.97 Å². The largest absolute Gasteiger partial charge is 0.489 e. The molecule has 1 fully saturated rings. The van der Waals surface area contributed by atoms with E-state index in [1.165, 1.54) is 13.5 Å². The summed E-state index contributed by atoms with van der Waals surface area (Å²) >= 11 is 0. The van der Waals surface area contributed by atoms with Gasteiger partial charge in [0.1, 0.15) is 41.3 Å². The van der Waals surface area contributed by atoms with Crippen molar-refractivity contribution in [3.8, 4) is 17.0 Å². The fourth-order valence-corrected chi connectivity index (χ4v) is 4.23. The van der Waals surface area contributed by atoms with Crippen LogP contribution in [0.4, 0.5) is 11.5 Å². The van der Waals surface area contributed by atoms with Crippen molar-refractivity contribution in [2.24, 2.45) is 0 Å². The number of anilines is 2. The summed E-state index contributed by atoms with van der Waals surface area (Å²) in [7, 11) is 1.51. The second-order valence-corrected chi connectivity index (χ2v) is 8.86. The van der Waals surface area contributed by atoms with Gasteiger partial charge in [-0.3, -0.25) is 9.20 Å². The van der Waals surface area contributed by atoms with Crippen molar-refractivity contribution in [2.75, 3.05) is 18.2 Å². The molecule has 4 aromatic rings. The number of benzene rings is 2. The molecule has 5 rings (SSSR count). The molecular weight excluding hydrogens is 442 g/mol. The van der Waals surface area contributed by atoms with E-state index in [9.17, 15) is 4.79 Å². The zero-order valence-corrected chi connectivity index (χ0v) is 19.9. The number of fused-ring (bicyclic) bond motifs is 1. The van der Waals surface area contributed by atoms with E-state index < -0.39 is 6.10 Å². The Kier molecular flexibility index (Phi) is 6.37. The van der Waals surface area contributed by atoms with Crippen LogP contribution in [-0.4, -0.2) is 33.5 Å². The van der Waals surface area contributed by atoms with Crippen LogP contribution >= 0.6 is 0 Å². The van der Waals surface area contributed by atoms with Crippen LogP contribution in [0, 0.1) is 0 Å². The quantitative estimate of drug-likeness (QED) is 0.383. The van der Waals surface area contributed by atoms with E-state index in [0.717, 1.165) is 46.8 Å². The molecule has 0 saturated heterocycles. The minimum absolute atomic E-state index is 0.194. The molecule has 35 heavy (non-hydrogen) atoms. The van der Waals surface area contributed by atoms with Gasteiger partial charge in [-0.15, -0.1) is 0 Å². The van der Waals surface area contributed by atoms with Gasteiger partial charge in [-0.1, -0.05) is 30.7 Å². The highest BCUT2D eigenvalue weighted by atomic mass is 16.5. The number of hydrogen-bond donors (Lipinski definition) is 2. The van der Waals surface area contributed by atoms with Crippen LogP contribution in [-0.2, 0) is 16.1 Å². The number of nitrogens with two attached hydrogens (primary N) is 1. The average Bonchev–Trinajstić information content (AvgIpc) is 3.22. The standard InChI is InChI=1S/C27H29N5O3/c1-17(34-2)27(33)30-21-10-3-6-18(14-21)16-35-22-11-5-9-20(15-22)23-24-25(28)29-12-13-32(24)26(31-23)19-7-4-8-19/h3,5-6,9-15,17,19H,4,7-8,16H2,1-2H3,(H2,28,29)(H,30,33). The van der Waals surface area contributed by atoms with Crippen molar-refractivity contribution in [1.82, 2.24) is 14.4 Å². The second-order valence-electron chi connectivity index (χ2n) is 8.86. The number of nitrogens with zero attached hydrogens (tertiary/aromatic N) is 3. The SMILES string of the molecule is COC(C)C(=O)Nc1cccc(COc2cccc(-c3nc(C4CCC4)n4ccnc(N)c34)c2)c1. The molecule has 8 heteroatoms. The third-order valence-corrected chi connectivity index (χ3v) is 6.51. The Bertz CT molecular complexity index is 1360. The lowest BCUT2D eigenvalue weighted by molar-refractivity contribution is -0.124. The Balaban J connectivity index is 1.36. The number of rotatable bonds is 8. The Morgan fingerprint density at radius 2 is 2.06 bits per heavy atom. The first-order chi connectivity index (χ1) is 17.0. The van der Waals surface area contributed by atoms with Gasteiger partial charge >= 0.3 is 0 Å². The van der Waals surface area contributed by atoms with Crippen molar-refractivity contribution >= 4 is 22.9 Å². The van der Waals surface area contributed by atoms with Gasteiger partial charge in [0.05, 0.1) is 0 Å². The summed E-state index contributed by atoms with van der Waals surface area (Å²) in [5, 5.41) is 2.86. The van der Waals surface area contributed by atoms with E-state index in [-0.39, 0.29) is 5.91 Å². The molecular formula is C27H29N5O3. The summed E-state index contributed by atoms with van der Waals surface area (Å²) in [6, 6.07) is 15.4. The number of imidazole rings is 1. The van der Waals surface area contributed by atoms with Gasteiger partial charge < -0.3 is 20.5 Å². The van der Waals surface area contributed by atoms with Crippen molar-refractivity contribution in [3.05, 3.63) is 72.3 Å². The number of nitrogens with one attached hydrogen (secondary N) is 1. The Morgan fingerprint density at radius 1 is 1.23 bits per heavy atom. The minimum atomic E-state index is -0.522. The van der Waals surface area contributed by atoms with Gasteiger partial charge in [0.2, 0.25) is 0 Å². The molecule has 1 atom stereocenters. The summed E-state index contributed by atoms with van der Waals surface area (Å²) in [6.45, 7) is 2.06. The Morgan fingerprint density at radius 3 is 2.83 bits per heavy atom. The molecule has 0 radical (unpaired) electrons. The molecule has 0 aliphatic heterocycles. The van der Waals surface area contributed by atoms with Crippen LogP contribution in [0.25, 0.3) is 16.8 Å². The molecule has 2 heterocycles. The maximum Gasteiger partial charge on any atom is 0.253 e. The number of amides is 1. The maximum absolute atomic E-state index is 12.1. The smallest absolute Gasteiger partial charge is 0.253 e. The van der Waals surface area contributed by atoms with E-state index >= 15 is 0 Å². The fourth-order valence-electron chi connectivity index (χ4n) is 4.23. The van der Waals surface area contributed by atoms with Crippen molar-refractivity contribution < 1.29 is 14.3 Å². The molecule has 0 bridgehead atoms.